The Morgan fingerprint density at radius 1 is 0.867 bits per heavy atom. The number of halogens is 6. The molecule has 1 aliphatic rings. The molecule has 1 heterocycles. The molecule has 8 heteroatoms. The van der Waals surface area contributed by atoms with Crippen LogP contribution in [0.5, 0.6) is 0 Å². The number of hydrogen-bond donors (Lipinski definition) is 0. The van der Waals surface area contributed by atoms with Gasteiger partial charge in [0.25, 0.3) is 0 Å². The van der Waals surface area contributed by atoms with Gasteiger partial charge in [0, 0.05) is 34.1 Å². The summed E-state index contributed by atoms with van der Waals surface area (Å²) in [5.74, 6) is -16.2. The zero-order valence-electron chi connectivity index (χ0n) is 15.4. The quantitative estimate of drug-likeness (QED) is 0.442. The van der Waals surface area contributed by atoms with Crippen molar-refractivity contribution in [2.75, 3.05) is 0 Å². The lowest BCUT2D eigenvalue weighted by Crippen LogP contribution is -2.49. The number of aryl methyl sites for hydroxylation is 1. The minimum absolute atomic E-state index is 0.00785. The second-order valence-corrected chi connectivity index (χ2v) is 6.88. The van der Waals surface area contributed by atoms with Gasteiger partial charge < -0.3 is 4.42 Å². The van der Waals surface area contributed by atoms with Gasteiger partial charge in [-0.2, -0.15) is 31.6 Å². The highest BCUT2D eigenvalue weighted by Gasteiger charge is 2.80. The third kappa shape index (κ3) is 2.38. The van der Waals surface area contributed by atoms with Crippen molar-refractivity contribution in [3.05, 3.63) is 71.0 Å². The SMILES string of the molecule is CCc1oc2ccccc2c1C1=C(c2ccccc2C#N)C(F)(F)C(F)(F)C1(F)F. The number of rotatable bonds is 3. The maximum Gasteiger partial charge on any atom is 0.380 e. The molecule has 2 nitrogen and oxygen atoms in total. The van der Waals surface area contributed by atoms with Gasteiger partial charge in [-0.1, -0.05) is 43.3 Å². The maximum atomic E-state index is 15.0. The lowest BCUT2D eigenvalue weighted by Gasteiger charge is -2.26. The zero-order chi connectivity index (χ0) is 21.9. The minimum atomic E-state index is -5.70. The standard InChI is InChI=1S/C22H13F6NO/c1-2-15-17(14-9-5-6-10-16(14)30-15)19-18(13-8-4-3-7-12(13)11-29)20(23,24)22(27,28)21(19,25)26/h3-10H,2H2,1H3. The first kappa shape index (κ1) is 20.1. The van der Waals surface area contributed by atoms with E-state index in [2.05, 4.69) is 0 Å². The van der Waals surface area contributed by atoms with E-state index in [1.54, 1.807) is 12.1 Å². The molecule has 154 valence electrons. The number of para-hydroxylation sites is 1. The summed E-state index contributed by atoms with van der Waals surface area (Å²) in [5, 5.41) is 9.31. The molecule has 0 spiro atoms. The molecule has 4 rings (SSSR count). The van der Waals surface area contributed by atoms with Gasteiger partial charge in [0.2, 0.25) is 0 Å². The van der Waals surface area contributed by atoms with Crippen LogP contribution in [0.25, 0.3) is 22.1 Å². The smallest absolute Gasteiger partial charge is 0.380 e. The van der Waals surface area contributed by atoms with Crippen LogP contribution in [0.15, 0.2) is 52.9 Å². The number of allylic oxidation sites excluding steroid dienone is 2. The number of fused-ring (bicyclic) bond motifs is 1. The average molecular weight is 421 g/mol. The van der Waals surface area contributed by atoms with E-state index < -0.39 is 45.6 Å². The van der Waals surface area contributed by atoms with Crippen LogP contribution >= 0.6 is 0 Å². The summed E-state index contributed by atoms with van der Waals surface area (Å²) in [6.07, 6.45) is 0.00785. The predicted molar refractivity (Wildman–Crippen MR) is 98.4 cm³/mol. The maximum absolute atomic E-state index is 15.0. The van der Waals surface area contributed by atoms with E-state index in [-0.39, 0.29) is 23.2 Å². The van der Waals surface area contributed by atoms with Gasteiger partial charge in [-0.05, 0) is 12.1 Å². The molecule has 0 aliphatic heterocycles. The molecule has 0 N–H and O–H groups in total. The van der Waals surface area contributed by atoms with Crippen LogP contribution < -0.4 is 0 Å². The normalized spacial score (nSPS) is 19.3. The zero-order valence-corrected chi connectivity index (χ0v) is 15.4. The van der Waals surface area contributed by atoms with Crippen LogP contribution in [0, 0.1) is 11.3 Å². The number of benzene rings is 2. The van der Waals surface area contributed by atoms with E-state index >= 15 is 8.78 Å². The molecule has 0 fully saturated rings. The van der Waals surface area contributed by atoms with Crippen molar-refractivity contribution in [3.63, 3.8) is 0 Å². The Kier molecular flexibility index (Phi) is 4.28. The third-order valence-corrected chi connectivity index (χ3v) is 5.22. The molecule has 30 heavy (non-hydrogen) atoms. The average Bonchev–Trinajstić information content (AvgIpc) is 3.13. The van der Waals surface area contributed by atoms with Crippen molar-refractivity contribution in [2.24, 2.45) is 0 Å². The molecule has 0 atom stereocenters. The molecule has 2 aromatic carbocycles. The predicted octanol–water partition coefficient (Wildman–Crippen LogP) is 6.70. The summed E-state index contributed by atoms with van der Waals surface area (Å²) in [6, 6.07) is 12.0. The van der Waals surface area contributed by atoms with Crippen molar-refractivity contribution in [2.45, 2.75) is 31.1 Å². The Hall–Kier alpha value is -3.21. The molecule has 0 saturated heterocycles. The van der Waals surface area contributed by atoms with Crippen LogP contribution in [-0.2, 0) is 6.42 Å². The summed E-state index contributed by atoms with van der Waals surface area (Å²) in [6.45, 7) is 1.54. The lowest BCUT2D eigenvalue weighted by molar-refractivity contribution is -0.254. The number of nitriles is 1. The number of hydrogen-bond acceptors (Lipinski definition) is 2. The van der Waals surface area contributed by atoms with Crippen LogP contribution in [-0.4, -0.2) is 17.8 Å². The molecule has 3 aromatic rings. The first-order valence-corrected chi connectivity index (χ1v) is 8.98. The summed E-state index contributed by atoms with van der Waals surface area (Å²) in [4.78, 5) is 0. The Balaban J connectivity index is 2.23. The summed E-state index contributed by atoms with van der Waals surface area (Å²) >= 11 is 0. The van der Waals surface area contributed by atoms with Crippen molar-refractivity contribution >= 4 is 22.1 Å². The Bertz CT molecular complexity index is 1230. The van der Waals surface area contributed by atoms with Gasteiger partial charge in [0.05, 0.1) is 11.6 Å². The highest BCUT2D eigenvalue weighted by molar-refractivity contribution is 6.08. The minimum Gasteiger partial charge on any atom is -0.460 e. The fourth-order valence-electron chi connectivity index (χ4n) is 3.83. The molecule has 0 bridgehead atoms. The van der Waals surface area contributed by atoms with E-state index in [4.69, 9.17) is 4.42 Å². The molecule has 1 aliphatic carbocycles. The van der Waals surface area contributed by atoms with Gasteiger partial charge in [0.15, 0.2) is 0 Å². The number of alkyl halides is 6. The fourth-order valence-corrected chi connectivity index (χ4v) is 3.83. The van der Waals surface area contributed by atoms with Crippen LogP contribution in [0.1, 0.15) is 29.4 Å². The second kappa shape index (κ2) is 6.39. The van der Waals surface area contributed by atoms with E-state index in [0.717, 1.165) is 12.1 Å². The first-order chi connectivity index (χ1) is 14.1. The number of nitrogens with zero attached hydrogens (tertiary/aromatic N) is 1. The van der Waals surface area contributed by atoms with Gasteiger partial charge in [-0.25, -0.2) is 0 Å². The van der Waals surface area contributed by atoms with Crippen molar-refractivity contribution < 1.29 is 30.8 Å². The first-order valence-electron chi connectivity index (χ1n) is 8.98. The van der Waals surface area contributed by atoms with E-state index in [1.165, 1.54) is 37.3 Å². The third-order valence-electron chi connectivity index (χ3n) is 5.22. The van der Waals surface area contributed by atoms with Gasteiger partial charge in [0.1, 0.15) is 11.3 Å². The van der Waals surface area contributed by atoms with Crippen molar-refractivity contribution in [1.82, 2.24) is 0 Å². The molecule has 1 aromatic heterocycles. The highest BCUT2D eigenvalue weighted by atomic mass is 19.3. The monoisotopic (exact) mass is 421 g/mol. The Morgan fingerprint density at radius 2 is 1.47 bits per heavy atom. The Morgan fingerprint density at radius 3 is 2.13 bits per heavy atom. The second-order valence-electron chi connectivity index (χ2n) is 6.88. The van der Waals surface area contributed by atoms with Crippen LogP contribution in [0.3, 0.4) is 0 Å². The van der Waals surface area contributed by atoms with Crippen molar-refractivity contribution in [1.29, 1.82) is 5.26 Å². The van der Waals surface area contributed by atoms with Crippen molar-refractivity contribution in [3.8, 4) is 6.07 Å². The number of furan rings is 1. The largest absolute Gasteiger partial charge is 0.460 e. The molecular weight excluding hydrogens is 408 g/mol. The molecule has 0 saturated carbocycles. The summed E-state index contributed by atoms with van der Waals surface area (Å²) < 4.78 is 94.5. The summed E-state index contributed by atoms with van der Waals surface area (Å²) in [7, 11) is 0. The highest BCUT2D eigenvalue weighted by Crippen LogP contribution is 2.65. The summed E-state index contributed by atoms with van der Waals surface area (Å²) in [5.41, 5.74) is -4.53. The Labute approximate surface area is 167 Å². The van der Waals surface area contributed by atoms with E-state index in [9.17, 15) is 22.8 Å². The molecule has 0 radical (unpaired) electrons. The van der Waals surface area contributed by atoms with E-state index in [1.807, 2.05) is 0 Å². The van der Waals surface area contributed by atoms with E-state index in [0.29, 0.717) is 0 Å². The molecule has 0 unspecified atom stereocenters. The van der Waals surface area contributed by atoms with Crippen LogP contribution in [0.2, 0.25) is 0 Å². The van der Waals surface area contributed by atoms with Gasteiger partial charge in [-0.3, -0.25) is 0 Å². The topological polar surface area (TPSA) is 36.9 Å². The fraction of sp³-hybridized carbons (Fsp3) is 0.227. The van der Waals surface area contributed by atoms with Crippen LogP contribution in [0.4, 0.5) is 26.3 Å². The molecular formula is C22H13F6NO. The molecule has 0 amide bonds. The van der Waals surface area contributed by atoms with Gasteiger partial charge >= 0.3 is 17.8 Å². The van der Waals surface area contributed by atoms with Gasteiger partial charge in [-0.15, -0.1) is 0 Å². The lowest BCUT2D eigenvalue weighted by atomic mass is 9.90.